The van der Waals surface area contributed by atoms with Gasteiger partial charge in [0.1, 0.15) is 0 Å². The minimum Gasteiger partial charge on any atom is -0.396 e. The Morgan fingerprint density at radius 3 is 3.06 bits per heavy atom. The first-order valence-electron chi connectivity index (χ1n) is 6.55. The highest BCUT2D eigenvalue weighted by Crippen LogP contribution is 2.34. The number of fused-ring (bicyclic) bond motifs is 1. The van der Waals surface area contributed by atoms with Crippen LogP contribution in [0.5, 0.6) is 0 Å². The third kappa shape index (κ3) is 2.15. The second-order valence-electron chi connectivity index (χ2n) is 5.02. The van der Waals surface area contributed by atoms with Crippen LogP contribution >= 0.6 is 11.6 Å². The third-order valence-corrected chi connectivity index (χ3v) is 4.07. The molecule has 2 unspecified atom stereocenters. The SMILES string of the molecule is Nc1cc(Cl)cnc1N1CCOC2CCCCC21. The van der Waals surface area contributed by atoms with Crippen molar-refractivity contribution in [2.45, 2.75) is 37.8 Å². The first-order valence-corrected chi connectivity index (χ1v) is 6.93. The Bertz CT molecular complexity index is 438. The number of halogens is 1. The number of anilines is 2. The molecule has 1 aliphatic heterocycles. The predicted octanol–water partition coefficient (Wildman–Crippen LogP) is 2.47. The van der Waals surface area contributed by atoms with Crippen LogP contribution in [0.15, 0.2) is 12.3 Å². The Morgan fingerprint density at radius 2 is 2.22 bits per heavy atom. The lowest BCUT2D eigenvalue weighted by Crippen LogP contribution is -2.53. The number of ether oxygens (including phenoxy) is 1. The lowest BCUT2D eigenvalue weighted by molar-refractivity contribution is -0.00892. The fraction of sp³-hybridized carbons (Fsp3) is 0.615. The molecule has 98 valence electrons. The van der Waals surface area contributed by atoms with Gasteiger partial charge in [-0.25, -0.2) is 4.98 Å². The molecule has 2 N–H and O–H groups in total. The van der Waals surface area contributed by atoms with Crippen molar-refractivity contribution in [3.63, 3.8) is 0 Å². The highest BCUT2D eigenvalue weighted by atomic mass is 35.5. The van der Waals surface area contributed by atoms with Crippen LogP contribution in [-0.2, 0) is 4.74 Å². The lowest BCUT2D eigenvalue weighted by Gasteiger charge is -2.44. The van der Waals surface area contributed by atoms with Gasteiger partial charge in [0.05, 0.1) is 29.5 Å². The van der Waals surface area contributed by atoms with E-state index in [9.17, 15) is 0 Å². The summed E-state index contributed by atoms with van der Waals surface area (Å²) >= 11 is 5.91. The molecule has 1 saturated carbocycles. The molecule has 1 aliphatic carbocycles. The molecule has 2 heterocycles. The molecule has 3 rings (SSSR count). The summed E-state index contributed by atoms with van der Waals surface area (Å²) in [5.74, 6) is 0.861. The van der Waals surface area contributed by atoms with Crippen LogP contribution < -0.4 is 10.6 Å². The summed E-state index contributed by atoms with van der Waals surface area (Å²) in [6, 6.07) is 2.19. The van der Waals surface area contributed by atoms with E-state index >= 15 is 0 Å². The molecule has 18 heavy (non-hydrogen) atoms. The molecule has 2 atom stereocenters. The number of morpholine rings is 1. The van der Waals surface area contributed by atoms with E-state index in [1.54, 1.807) is 12.3 Å². The molecule has 2 fully saturated rings. The Hall–Kier alpha value is -1.00. The van der Waals surface area contributed by atoms with Crippen LogP contribution in [0.2, 0.25) is 5.02 Å². The van der Waals surface area contributed by atoms with Gasteiger partial charge in [-0.1, -0.05) is 24.4 Å². The predicted molar refractivity (Wildman–Crippen MR) is 73.0 cm³/mol. The zero-order chi connectivity index (χ0) is 12.5. The normalized spacial score (nSPS) is 27.9. The molecule has 2 aliphatic rings. The van der Waals surface area contributed by atoms with Gasteiger partial charge in [0.25, 0.3) is 0 Å². The highest BCUT2D eigenvalue weighted by Gasteiger charge is 2.35. The van der Waals surface area contributed by atoms with Gasteiger partial charge in [-0.3, -0.25) is 0 Å². The number of pyridine rings is 1. The van der Waals surface area contributed by atoms with Crippen molar-refractivity contribution >= 4 is 23.1 Å². The molecule has 1 aromatic heterocycles. The lowest BCUT2D eigenvalue weighted by atomic mass is 9.90. The number of nitrogens with zero attached hydrogens (tertiary/aromatic N) is 2. The molecule has 0 bridgehead atoms. The molecule has 0 spiro atoms. The Kier molecular flexibility index (Phi) is 3.31. The Balaban J connectivity index is 1.89. The van der Waals surface area contributed by atoms with E-state index < -0.39 is 0 Å². The largest absolute Gasteiger partial charge is 0.396 e. The average molecular weight is 268 g/mol. The quantitative estimate of drug-likeness (QED) is 0.849. The van der Waals surface area contributed by atoms with Crippen LogP contribution in [0.1, 0.15) is 25.7 Å². The molecular formula is C13H18ClN3O. The van der Waals surface area contributed by atoms with E-state index in [4.69, 9.17) is 22.1 Å². The summed E-state index contributed by atoms with van der Waals surface area (Å²) in [6.07, 6.45) is 6.83. The van der Waals surface area contributed by atoms with Gasteiger partial charge in [0.2, 0.25) is 0 Å². The summed E-state index contributed by atoms with van der Waals surface area (Å²) in [7, 11) is 0. The van der Waals surface area contributed by atoms with E-state index in [0.29, 0.717) is 22.9 Å². The molecule has 1 aromatic rings. The average Bonchev–Trinajstić information content (AvgIpc) is 2.38. The second kappa shape index (κ2) is 4.94. The Labute approximate surface area is 112 Å². The maximum atomic E-state index is 6.04. The van der Waals surface area contributed by atoms with Crippen molar-refractivity contribution in [2.24, 2.45) is 0 Å². The first kappa shape index (κ1) is 12.1. The van der Waals surface area contributed by atoms with Crippen LogP contribution in [0, 0.1) is 0 Å². The van der Waals surface area contributed by atoms with Crippen LogP contribution in [0.3, 0.4) is 0 Å². The van der Waals surface area contributed by atoms with E-state index in [2.05, 4.69) is 9.88 Å². The van der Waals surface area contributed by atoms with Crippen molar-refractivity contribution in [2.75, 3.05) is 23.8 Å². The number of aromatic nitrogens is 1. The monoisotopic (exact) mass is 267 g/mol. The summed E-state index contributed by atoms with van der Waals surface area (Å²) in [5.41, 5.74) is 6.71. The fourth-order valence-electron chi connectivity index (χ4n) is 3.05. The van der Waals surface area contributed by atoms with Crippen molar-refractivity contribution in [1.82, 2.24) is 4.98 Å². The van der Waals surface area contributed by atoms with E-state index in [-0.39, 0.29) is 0 Å². The van der Waals surface area contributed by atoms with Crippen LogP contribution in [-0.4, -0.2) is 30.3 Å². The first-order chi connectivity index (χ1) is 8.75. The molecule has 0 radical (unpaired) electrons. The third-order valence-electron chi connectivity index (χ3n) is 3.87. The van der Waals surface area contributed by atoms with Gasteiger partial charge >= 0.3 is 0 Å². The van der Waals surface area contributed by atoms with Gasteiger partial charge in [-0.15, -0.1) is 0 Å². The smallest absolute Gasteiger partial charge is 0.152 e. The molecule has 5 heteroatoms. The Morgan fingerprint density at radius 1 is 1.39 bits per heavy atom. The topological polar surface area (TPSA) is 51.4 Å². The fourth-order valence-corrected chi connectivity index (χ4v) is 3.21. The van der Waals surface area contributed by atoms with Gasteiger partial charge in [-0.2, -0.15) is 0 Å². The maximum absolute atomic E-state index is 6.04. The molecule has 4 nitrogen and oxygen atoms in total. The van der Waals surface area contributed by atoms with Gasteiger partial charge in [0.15, 0.2) is 5.82 Å². The molecule has 0 amide bonds. The second-order valence-corrected chi connectivity index (χ2v) is 5.46. The van der Waals surface area contributed by atoms with Crippen molar-refractivity contribution < 1.29 is 4.74 Å². The van der Waals surface area contributed by atoms with E-state index in [0.717, 1.165) is 31.8 Å². The van der Waals surface area contributed by atoms with Gasteiger partial charge in [0, 0.05) is 12.7 Å². The zero-order valence-electron chi connectivity index (χ0n) is 10.3. The zero-order valence-corrected chi connectivity index (χ0v) is 11.1. The van der Waals surface area contributed by atoms with E-state index in [1.807, 2.05) is 0 Å². The van der Waals surface area contributed by atoms with Gasteiger partial charge < -0.3 is 15.4 Å². The minimum atomic E-state index is 0.337. The van der Waals surface area contributed by atoms with E-state index in [1.165, 1.54) is 12.8 Å². The number of hydrogen-bond acceptors (Lipinski definition) is 4. The minimum absolute atomic E-state index is 0.337. The standard InChI is InChI=1S/C13H18ClN3O/c14-9-7-10(15)13(16-8-9)17-5-6-18-12-4-2-1-3-11(12)17/h7-8,11-12H,1-6,15H2. The number of nitrogen functional groups attached to an aromatic ring is 1. The summed E-state index contributed by atoms with van der Waals surface area (Å²) in [5, 5.41) is 0.588. The number of rotatable bonds is 1. The van der Waals surface area contributed by atoms with Crippen LogP contribution in [0.25, 0.3) is 0 Å². The molecular weight excluding hydrogens is 250 g/mol. The number of hydrogen-bond donors (Lipinski definition) is 1. The molecule has 1 saturated heterocycles. The molecule has 0 aromatic carbocycles. The van der Waals surface area contributed by atoms with Crippen LogP contribution in [0.4, 0.5) is 11.5 Å². The maximum Gasteiger partial charge on any atom is 0.152 e. The summed E-state index contributed by atoms with van der Waals surface area (Å²) in [4.78, 5) is 6.71. The summed E-state index contributed by atoms with van der Waals surface area (Å²) < 4.78 is 5.86. The van der Waals surface area contributed by atoms with Crippen molar-refractivity contribution in [3.05, 3.63) is 17.3 Å². The van der Waals surface area contributed by atoms with Gasteiger partial charge in [-0.05, 0) is 18.9 Å². The van der Waals surface area contributed by atoms with Crippen molar-refractivity contribution in [3.8, 4) is 0 Å². The highest BCUT2D eigenvalue weighted by molar-refractivity contribution is 6.30. The van der Waals surface area contributed by atoms with Crippen molar-refractivity contribution in [1.29, 1.82) is 0 Å². The summed E-state index contributed by atoms with van der Waals surface area (Å²) in [6.45, 7) is 1.62. The number of nitrogens with two attached hydrogens (primary N) is 1.